The fraction of sp³-hybridized carbons (Fsp3) is 0.625. The lowest BCUT2D eigenvalue weighted by Gasteiger charge is -2.28. The summed E-state index contributed by atoms with van der Waals surface area (Å²) in [6.07, 6.45) is 4.98. The molecule has 4 heteroatoms. The minimum absolute atomic E-state index is 0.192. The lowest BCUT2D eigenvalue weighted by Crippen LogP contribution is -2.26. The van der Waals surface area contributed by atoms with Gasteiger partial charge in [0.05, 0.1) is 27.4 Å². The average molecular weight is 280 g/mol. The van der Waals surface area contributed by atoms with Gasteiger partial charge in [-0.25, -0.2) is 0 Å². The zero-order chi connectivity index (χ0) is 14.5. The highest BCUT2D eigenvalue weighted by Crippen LogP contribution is 2.39. The molecule has 0 aliphatic heterocycles. The largest absolute Gasteiger partial charge is 0.493 e. The molecule has 0 amide bonds. The van der Waals surface area contributed by atoms with E-state index in [0.717, 1.165) is 31.2 Å². The summed E-state index contributed by atoms with van der Waals surface area (Å²) in [6, 6.07) is 3.95. The van der Waals surface area contributed by atoms with Crippen molar-refractivity contribution in [3.8, 4) is 17.2 Å². The predicted molar refractivity (Wildman–Crippen MR) is 77.8 cm³/mol. The molecule has 1 aliphatic rings. The van der Waals surface area contributed by atoms with Gasteiger partial charge in [-0.15, -0.1) is 0 Å². The van der Waals surface area contributed by atoms with E-state index in [9.17, 15) is 5.11 Å². The third-order valence-electron chi connectivity index (χ3n) is 4.09. The molecule has 2 rings (SSSR count). The van der Waals surface area contributed by atoms with Crippen LogP contribution in [-0.4, -0.2) is 32.5 Å². The van der Waals surface area contributed by atoms with E-state index in [4.69, 9.17) is 14.2 Å². The molecule has 4 nitrogen and oxygen atoms in total. The SMILES string of the molecule is COc1cc(CC2CCCCC2O)cc(OC)c1OC. The number of hydrogen-bond donors (Lipinski definition) is 1. The molecule has 0 bridgehead atoms. The van der Waals surface area contributed by atoms with Crippen LogP contribution in [0.2, 0.25) is 0 Å². The van der Waals surface area contributed by atoms with Gasteiger partial charge < -0.3 is 19.3 Å². The Morgan fingerprint density at radius 3 is 2.10 bits per heavy atom. The number of hydrogen-bond acceptors (Lipinski definition) is 4. The summed E-state index contributed by atoms with van der Waals surface area (Å²) in [5, 5.41) is 10.1. The van der Waals surface area contributed by atoms with Crippen LogP contribution in [0.5, 0.6) is 17.2 Å². The molecule has 20 heavy (non-hydrogen) atoms. The molecular weight excluding hydrogens is 256 g/mol. The van der Waals surface area contributed by atoms with E-state index in [1.54, 1.807) is 21.3 Å². The lowest BCUT2D eigenvalue weighted by atomic mass is 9.82. The van der Waals surface area contributed by atoms with Gasteiger partial charge in [0.15, 0.2) is 11.5 Å². The smallest absolute Gasteiger partial charge is 0.203 e. The van der Waals surface area contributed by atoms with Crippen LogP contribution in [0.1, 0.15) is 31.2 Å². The molecular formula is C16H24O4. The van der Waals surface area contributed by atoms with Gasteiger partial charge in [-0.2, -0.15) is 0 Å². The summed E-state index contributed by atoms with van der Waals surface area (Å²) in [5.41, 5.74) is 1.12. The molecule has 1 fully saturated rings. The monoisotopic (exact) mass is 280 g/mol. The van der Waals surface area contributed by atoms with Crippen molar-refractivity contribution < 1.29 is 19.3 Å². The van der Waals surface area contributed by atoms with Crippen molar-refractivity contribution >= 4 is 0 Å². The molecule has 0 heterocycles. The maximum Gasteiger partial charge on any atom is 0.203 e. The van der Waals surface area contributed by atoms with E-state index in [-0.39, 0.29) is 6.10 Å². The quantitative estimate of drug-likeness (QED) is 0.901. The van der Waals surface area contributed by atoms with Crippen LogP contribution in [0.4, 0.5) is 0 Å². The fourth-order valence-electron chi connectivity index (χ4n) is 2.98. The highest BCUT2D eigenvalue weighted by Gasteiger charge is 2.24. The molecule has 1 aromatic rings. The van der Waals surface area contributed by atoms with Crippen LogP contribution in [0.25, 0.3) is 0 Å². The van der Waals surface area contributed by atoms with Crippen molar-refractivity contribution in [1.29, 1.82) is 0 Å². The second kappa shape index (κ2) is 6.84. The first-order chi connectivity index (χ1) is 9.69. The van der Waals surface area contributed by atoms with Crippen LogP contribution in [0.3, 0.4) is 0 Å². The summed E-state index contributed by atoms with van der Waals surface area (Å²) in [7, 11) is 4.85. The molecule has 0 saturated heterocycles. The van der Waals surface area contributed by atoms with E-state index < -0.39 is 0 Å². The van der Waals surface area contributed by atoms with Crippen LogP contribution in [-0.2, 0) is 6.42 Å². The average Bonchev–Trinajstić information content (AvgIpc) is 2.48. The second-order valence-electron chi connectivity index (χ2n) is 5.35. The van der Waals surface area contributed by atoms with Gasteiger partial charge >= 0.3 is 0 Å². The molecule has 1 aliphatic carbocycles. The highest BCUT2D eigenvalue weighted by molar-refractivity contribution is 5.53. The molecule has 2 atom stereocenters. The van der Waals surface area contributed by atoms with Gasteiger partial charge in [-0.05, 0) is 42.9 Å². The van der Waals surface area contributed by atoms with Crippen molar-refractivity contribution in [1.82, 2.24) is 0 Å². The topological polar surface area (TPSA) is 47.9 Å². The lowest BCUT2D eigenvalue weighted by molar-refractivity contribution is 0.0699. The summed E-state index contributed by atoms with van der Waals surface area (Å²) in [5.74, 6) is 2.29. The number of methoxy groups -OCH3 is 3. The summed E-state index contributed by atoms with van der Waals surface area (Å²) in [4.78, 5) is 0. The Kier molecular flexibility index (Phi) is 5.12. The van der Waals surface area contributed by atoms with Gasteiger partial charge in [0.25, 0.3) is 0 Å². The Hall–Kier alpha value is -1.42. The molecule has 2 unspecified atom stereocenters. The first kappa shape index (κ1) is 15.0. The molecule has 1 saturated carbocycles. The van der Waals surface area contributed by atoms with Gasteiger partial charge in [-0.1, -0.05) is 12.8 Å². The van der Waals surface area contributed by atoms with Gasteiger partial charge in [0.2, 0.25) is 5.75 Å². The summed E-state index contributed by atoms with van der Waals surface area (Å²) >= 11 is 0. The third-order valence-corrected chi connectivity index (χ3v) is 4.09. The van der Waals surface area contributed by atoms with Crippen LogP contribution >= 0.6 is 0 Å². The minimum atomic E-state index is -0.192. The Labute approximate surface area is 120 Å². The maximum absolute atomic E-state index is 10.1. The Morgan fingerprint density at radius 1 is 1.00 bits per heavy atom. The second-order valence-corrected chi connectivity index (χ2v) is 5.35. The molecule has 0 radical (unpaired) electrons. The Bertz CT molecular complexity index is 419. The molecule has 112 valence electrons. The van der Waals surface area contributed by atoms with Crippen molar-refractivity contribution in [2.24, 2.45) is 5.92 Å². The van der Waals surface area contributed by atoms with E-state index in [2.05, 4.69) is 0 Å². The van der Waals surface area contributed by atoms with Crippen LogP contribution < -0.4 is 14.2 Å². The minimum Gasteiger partial charge on any atom is -0.493 e. The van der Waals surface area contributed by atoms with Gasteiger partial charge in [0.1, 0.15) is 0 Å². The molecule has 0 aromatic heterocycles. The van der Waals surface area contributed by atoms with Crippen molar-refractivity contribution in [2.75, 3.05) is 21.3 Å². The van der Waals surface area contributed by atoms with Gasteiger partial charge in [-0.3, -0.25) is 0 Å². The number of benzene rings is 1. The number of aliphatic hydroxyl groups is 1. The Morgan fingerprint density at radius 2 is 1.60 bits per heavy atom. The Balaban J connectivity index is 2.23. The fourth-order valence-corrected chi connectivity index (χ4v) is 2.98. The zero-order valence-corrected chi connectivity index (χ0v) is 12.5. The molecule has 0 spiro atoms. The van der Waals surface area contributed by atoms with Crippen molar-refractivity contribution in [3.63, 3.8) is 0 Å². The van der Waals surface area contributed by atoms with Crippen LogP contribution in [0.15, 0.2) is 12.1 Å². The van der Waals surface area contributed by atoms with E-state index in [1.807, 2.05) is 12.1 Å². The summed E-state index contributed by atoms with van der Waals surface area (Å²) < 4.78 is 16.1. The molecule has 1 aromatic carbocycles. The van der Waals surface area contributed by atoms with Crippen molar-refractivity contribution in [2.45, 2.75) is 38.2 Å². The third kappa shape index (κ3) is 3.18. The van der Waals surface area contributed by atoms with E-state index in [1.165, 1.54) is 6.42 Å². The first-order valence-electron chi connectivity index (χ1n) is 7.16. The number of ether oxygens (including phenoxy) is 3. The number of aliphatic hydroxyl groups excluding tert-OH is 1. The van der Waals surface area contributed by atoms with Crippen LogP contribution in [0, 0.1) is 5.92 Å². The zero-order valence-electron chi connectivity index (χ0n) is 12.5. The summed E-state index contributed by atoms with van der Waals surface area (Å²) in [6.45, 7) is 0. The highest BCUT2D eigenvalue weighted by atomic mass is 16.5. The van der Waals surface area contributed by atoms with Gasteiger partial charge in [0, 0.05) is 0 Å². The molecule has 1 N–H and O–H groups in total. The maximum atomic E-state index is 10.1. The van der Waals surface area contributed by atoms with E-state index >= 15 is 0 Å². The van der Waals surface area contributed by atoms with E-state index in [0.29, 0.717) is 23.2 Å². The number of rotatable bonds is 5. The predicted octanol–water partition coefficient (Wildman–Crippen LogP) is 2.81. The van der Waals surface area contributed by atoms with Crippen molar-refractivity contribution in [3.05, 3.63) is 17.7 Å². The normalized spacial score (nSPS) is 22.4. The standard InChI is InChI=1S/C16H24O4/c1-18-14-9-11(10-15(19-2)16(14)20-3)8-12-6-4-5-7-13(12)17/h9-10,12-13,17H,4-8H2,1-3H3. The first-order valence-corrected chi connectivity index (χ1v) is 7.16.